The van der Waals surface area contributed by atoms with E-state index in [2.05, 4.69) is 5.32 Å². The third kappa shape index (κ3) is 67.1. The Hall–Kier alpha value is -0.920. The first-order chi connectivity index (χ1) is 34.4. The van der Waals surface area contributed by atoms with Crippen LogP contribution in [0.25, 0.3) is 0 Å². The van der Waals surface area contributed by atoms with Crippen molar-refractivity contribution in [3.8, 4) is 0 Å². The minimum absolute atomic E-state index is 0.491. The van der Waals surface area contributed by atoms with E-state index in [1.54, 1.807) is 7.11 Å². The maximum absolute atomic E-state index is 5.52. The summed E-state index contributed by atoms with van der Waals surface area (Å²) in [6.07, 6.45) is 0. The lowest BCUT2D eigenvalue weighted by molar-refractivity contribution is -0.0316. The van der Waals surface area contributed by atoms with Gasteiger partial charge in [-0.3, -0.25) is 0 Å². The van der Waals surface area contributed by atoms with Crippen LogP contribution in [0.5, 0.6) is 0 Å². The molecule has 0 heterocycles. The van der Waals surface area contributed by atoms with E-state index in [1.807, 2.05) is 7.05 Å². The van der Waals surface area contributed by atoms with Gasteiger partial charge in [0.2, 0.25) is 0 Å². The van der Waals surface area contributed by atoms with Crippen LogP contribution in [0.2, 0.25) is 0 Å². The van der Waals surface area contributed by atoms with Gasteiger partial charge in [-0.05, 0) is 7.05 Å². The van der Waals surface area contributed by atoms with Gasteiger partial charge in [-0.2, -0.15) is 0 Å². The Morgan fingerprint density at radius 2 is 0.261 bits per heavy atom. The predicted octanol–water partition coefficient (Wildman–Crippen LogP) is 0.201. The van der Waals surface area contributed by atoms with Crippen LogP contribution >= 0.6 is 0 Å². The average molecular weight is 1010 g/mol. The first-order valence-corrected chi connectivity index (χ1v) is 24.7. The highest BCUT2D eigenvalue weighted by atomic mass is 16.6. The highest BCUT2D eigenvalue weighted by Crippen LogP contribution is 1.90. The van der Waals surface area contributed by atoms with Gasteiger partial charge in [0, 0.05) is 13.7 Å². The third-order valence-electron chi connectivity index (χ3n) is 8.37. The smallest absolute Gasteiger partial charge is 0.0701 e. The third-order valence-corrected chi connectivity index (χ3v) is 8.37. The fourth-order valence-electron chi connectivity index (χ4n) is 4.82. The van der Waals surface area contributed by atoms with E-state index < -0.39 is 0 Å². The van der Waals surface area contributed by atoms with E-state index in [-0.39, 0.29) is 0 Å². The quantitative estimate of drug-likeness (QED) is 0.0806. The summed E-state index contributed by atoms with van der Waals surface area (Å²) < 4.78 is 120. The van der Waals surface area contributed by atoms with Crippen molar-refractivity contribution >= 4 is 0 Å². The van der Waals surface area contributed by atoms with Crippen LogP contribution in [0, 0.1) is 0 Å². The predicted molar refractivity (Wildman–Crippen MR) is 253 cm³/mol. The topological polar surface area (TPSA) is 215 Å². The molecule has 0 spiro atoms. The fraction of sp³-hybridized carbons (Fsp3) is 1.00. The number of nitrogens with one attached hydrogen (secondary N) is 1. The van der Waals surface area contributed by atoms with Gasteiger partial charge in [0.15, 0.2) is 0 Å². The zero-order chi connectivity index (χ0) is 49.4. The van der Waals surface area contributed by atoms with Gasteiger partial charge < -0.3 is 110 Å². The maximum Gasteiger partial charge on any atom is 0.0701 e. The minimum Gasteiger partial charge on any atom is -0.382 e. The summed E-state index contributed by atoms with van der Waals surface area (Å²) in [5.41, 5.74) is 0. The normalized spacial score (nSPS) is 11.7. The summed E-state index contributed by atoms with van der Waals surface area (Å²) in [7, 11) is 3.54. The molecule has 0 unspecified atom stereocenters. The highest BCUT2D eigenvalue weighted by Gasteiger charge is 1.99. The number of rotatable bonds is 66. The Morgan fingerprint density at radius 1 is 0.159 bits per heavy atom. The molecule has 0 rings (SSSR count). The molecule has 0 fully saturated rings. The van der Waals surface area contributed by atoms with Crippen molar-refractivity contribution in [3.05, 3.63) is 0 Å². The molecule has 0 aliphatic carbocycles. The SMILES string of the molecule is CNCCOCCOCCOCCOCCOCCOCCOCCOCCOCCOCCOCCOCCOCCOCCOCCOCCOCCOCCOCCOCCOCCOC. The fourth-order valence-corrected chi connectivity index (χ4v) is 4.82. The van der Waals surface area contributed by atoms with Crippen molar-refractivity contribution in [2.45, 2.75) is 0 Å². The van der Waals surface area contributed by atoms with Crippen LogP contribution in [0.3, 0.4) is 0 Å². The molecule has 0 aromatic heterocycles. The van der Waals surface area contributed by atoms with E-state index in [0.717, 1.165) is 6.54 Å². The first-order valence-electron chi connectivity index (χ1n) is 24.7. The van der Waals surface area contributed by atoms with Gasteiger partial charge in [0.05, 0.1) is 284 Å². The van der Waals surface area contributed by atoms with Crippen molar-refractivity contribution in [1.29, 1.82) is 0 Å². The van der Waals surface area contributed by atoms with E-state index in [1.165, 1.54) is 0 Å². The zero-order valence-corrected chi connectivity index (χ0v) is 42.6. The molecule has 416 valence electrons. The van der Waals surface area contributed by atoms with Gasteiger partial charge >= 0.3 is 0 Å². The van der Waals surface area contributed by atoms with Gasteiger partial charge in [0.25, 0.3) is 0 Å². The Labute approximate surface area is 413 Å². The molecule has 23 nitrogen and oxygen atoms in total. The standard InChI is InChI=1S/C46H95NO22/c1-47-3-4-49-7-8-51-11-12-53-15-16-55-19-20-57-23-24-59-27-28-61-31-32-63-35-36-65-39-40-67-43-44-69-46-45-68-42-41-66-38-37-64-34-33-62-30-29-60-26-25-58-22-21-56-18-17-54-14-13-52-10-9-50-6-5-48-2/h47H,3-46H2,1-2H3. The van der Waals surface area contributed by atoms with Crippen LogP contribution < -0.4 is 5.32 Å². The monoisotopic (exact) mass is 1010 g/mol. The van der Waals surface area contributed by atoms with E-state index in [4.69, 9.17) is 104 Å². The Kier molecular flexibility index (Phi) is 66.2. The molecule has 0 aromatic carbocycles. The number of hydrogen-bond donors (Lipinski definition) is 1. The molecule has 0 bridgehead atoms. The van der Waals surface area contributed by atoms with Crippen LogP contribution in [0.1, 0.15) is 0 Å². The van der Waals surface area contributed by atoms with Crippen molar-refractivity contribution in [2.24, 2.45) is 0 Å². The molecule has 0 saturated carbocycles. The van der Waals surface area contributed by atoms with Crippen molar-refractivity contribution in [1.82, 2.24) is 5.32 Å². The molecule has 1 N–H and O–H groups in total. The molecular formula is C46H95NO22. The summed E-state index contributed by atoms with van der Waals surface area (Å²) in [6, 6.07) is 0. The van der Waals surface area contributed by atoms with Crippen LogP contribution in [0.15, 0.2) is 0 Å². The van der Waals surface area contributed by atoms with Gasteiger partial charge in [0.1, 0.15) is 0 Å². The molecule has 0 aliphatic rings. The van der Waals surface area contributed by atoms with Crippen molar-refractivity contribution < 1.29 is 104 Å². The van der Waals surface area contributed by atoms with Crippen LogP contribution in [-0.2, 0) is 104 Å². The van der Waals surface area contributed by atoms with E-state index in [0.29, 0.717) is 284 Å². The maximum atomic E-state index is 5.52. The second-order valence-electron chi connectivity index (χ2n) is 14.0. The van der Waals surface area contributed by atoms with Crippen LogP contribution in [-0.4, -0.2) is 305 Å². The molecule has 0 amide bonds. The molecule has 0 saturated heterocycles. The molecule has 0 aromatic rings. The Morgan fingerprint density at radius 3 is 0.362 bits per heavy atom. The second kappa shape index (κ2) is 67.1. The molecule has 0 aliphatic heterocycles. The minimum atomic E-state index is 0.491. The summed E-state index contributed by atoms with van der Waals surface area (Å²) in [5.74, 6) is 0. The summed E-state index contributed by atoms with van der Waals surface area (Å²) in [5, 5.41) is 3.02. The van der Waals surface area contributed by atoms with E-state index in [9.17, 15) is 0 Å². The summed E-state index contributed by atoms with van der Waals surface area (Å²) in [6.45, 7) is 23.1. The first kappa shape index (κ1) is 68.1. The van der Waals surface area contributed by atoms with Crippen molar-refractivity contribution in [3.63, 3.8) is 0 Å². The number of methoxy groups -OCH3 is 1. The zero-order valence-electron chi connectivity index (χ0n) is 42.6. The van der Waals surface area contributed by atoms with Crippen molar-refractivity contribution in [2.75, 3.05) is 305 Å². The Balaban J connectivity index is 3.07. The van der Waals surface area contributed by atoms with Gasteiger partial charge in [-0.1, -0.05) is 0 Å². The molecule has 23 heteroatoms. The molecule has 0 radical (unpaired) electrons. The average Bonchev–Trinajstić information content (AvgIpc) is 3.36. The van der Waals surface area contributed by atoms with Gasteiger partial charge in [-0.15, -0.1) is 0 Å². The second-order valence-corrected chi connectivity index (χ2v) is 14.0. The lowest BCUT2D eigenvalue weighted by Gasteiger charge is -2.09. The summed E-state index contributed by atoms with van der Waals surface area (Å²) >= 11 is 0. The largest absolute Gasteiger partial charge is 0.382 e. The highest BCUT2D eigenvalue weighted by molar-refractivity contribution is 4.42. The van der Waals surface area contributed by atoms with E-state index >= 15 is 0 Å². The number of ether oxygens (including phenoxy) is 22. The molecule has 69 heavy (non-hydrogen) atoms. The molecular weight excluding hydrogens is 918 g/mol. The number of likely N-dealkylation sites (N-methyl/N-ethyl adjacent to an activating group) is 1. The van der Waals surface area contributed by atoms with Gasteiger partial charge in [-0.25, -0.2) is 0 Å². The van der Waals surface area contributed by atoms with Crippen LogP contribution in [0.4, 0.5) is 0 Å². The summed E-state index contributed by atoms with van der Waals surface area (Å²) in [4.78, 5) is 0. The molecule has 0 atom stereocenters. The lowest BCUT2D eigenvalue weighted by atomic mass is 10.6. The Bertz CT molecular complexity index is 816. The number of hydrogen-bond acceptors (Lipinski definition) is 23. The lowest BCUT2D eigenvalue weighted by Crippen LogP contribution is -2.17.